The van der Waals surface area contributed by atoms with Crippen LogP contribution in [0.25, 0.3) is 0 Å². The van der Waals surface area contributed by atoms with E-state index < -0.39 is 9.84 Å². The summed E-state index contributed by atoms with van der Waals surface area (Å²) in [6.07, 6.45) is 3.30. The molecule has 2 saturated heterocycles. The molecular formula is C12H21NO4S. The summed E-state index contributed by atoms with van der Waals surface area (Å²) in [6.45, 7) is 0.813. The number of nitrogens with one attached hydrogen (secondary N) is 1. The molecule has 2 unspecified atom stereocenters. The molecule has 0 aromatic heterocycles. The van der Waals surface area contributed by atoms with Gasteiger partial charge in [-0.2, -0.15) is 0 Å². The lowest BCUT2D eigenvalue weighted by molar-refractivity contribution is -0.144. The van der Waals surface area contributed by atoms with Crippen LogP contribution in [0.3, 0.4) is 0 Å². The Labute approximate surface area is 108 Å². The second-order valence-electron chi connectivity index (χ2n) is 5.30. The van der Waals surface area contributed by atoms with Gasteiger partial charge in [-0.15, -0.1) is 0 Å². The number of rotatable bonds is 2. The molecule has 2 rings (SSSR count). The van der Waals surface area contributed by atoms with Crippen LogP contribution in [0.1, 0.15) is 25.7 Å². The summed E-state index contributed by atoms with van der Waals surface area (Å²) in [5.74, 6) is 1.31. The molecule has 2 aliphatic heterocycles. The van der Waals surface area contributed by atoms with E-state index in [0.717, 1.165) is 32.2 Å². The van der Waals surface area contributed by atoms with Crippen molar-refractivity contribution in [1.82, 2.24) is 5.32 Å². The molecule has 5 nitrogen and oxygen atoms in total. The van der Waals surface area contributed by atoms with Crippen LogP contribution in [0.2, 0.25) is 0 Å². The average Bonchev–Trinajstić information content (AvgIpc) is 2.38. The van der Waals surface area contributed by atoms with E-state index in [1.54, 1.807) is 0 Å². The third-order valence-corrected chi connectivity index (χ3v) is 5.91. The molecule has 2 atom stereocenters. The summed E-state index contributed by atoms with van der Waals surface area (Å²) in [6, 6.07) is -0.215. The van der Waals surface area contributed by atoms with Crippen LogP contribution in [0.4, 0.5) is 0 Å². The van der Waals surface area contributed by atoms with Gasteiger partial charge in [0.1, 0.15) is 15.9 Å². The SMILES string of the molecule is COC(=O)C1CC(C2CCS(=O)(=O)CC2)CCN1. The Kier molecular flexibility index (Phi) is 4.27. The van der Waals surface area contributed by atoms with Gasteiger partial charge in [0.05, 0.1) is 18.6 Å². The normalized spacial score (nSPS) is 32.9. The molecule has 0 amide bonds. The Bertz CT molecular complexity index is 392. The first-order chi connectivity index (χ1) is 8.52. The fourth-order valence-electron chi connectivity index (χ4n) is 3.08. The summed E-state index contributed by atoms with van der Waals surface area (Å²) < 4.78 is 27.6. The molecule has 2 fully saturated rings. The van der Waals surface area contributed by atoms with Gasteiger partial charge in [0.2, 0.25) is 0 Å². The maximum atomic E-state index is 11.5. The van der Waals surface area contributed by atoms with Gasteiger partial charge in [-0.1, -0.05) is 0 Å². The van der Waals surface area contributed by atoms with Gasteiger partial charge in [0, 0.05) is 0 Å². The van der Waals surface area contributed by atoms with Crippen molar-refractivity contribution in [3.63, 3.8) is 0 Å². The smallest absolute Gasteiger partial charge is 0.322 e. The molecule has 104 valence electrons. The zero-order chi connectivity index (χ0) is 13.2. The standard InChI is InChI=1S/C12H21NO4S/c1-17-12(14)11-8-10(2-5-13-11)9-3-6-18(15,16)7-4-9/h9-11,13H,2-8H2,1H3. The summed E-state index contributed by atoms with van der Waals surface area (Å²) in [4.78, 5) is 11.5. The number of esters is 1. The third-order valence-electron chi connectivity index (χ3n) is 4.20. The van der Waals surface area contributed by atoms with Gasteiger partial charge in [0.25, 0.3) is 0 Å². The van der Waals surface area contributed by atoms with Gasteiger partial charge >= 0.3 is 5.97 Å². The van der Waals surface area contributed by atoms with E-state index in [9.17, 15) is 13.2 Å². The lowest BCUT2D eigenvalue weighted by Crippen LogP contribution is -2.46. The number of sulfone groups is 1. The van der Waals surface area contributed by atoms with Crippen molar-refractivity contribution in [1.29, 1.82) is 0 Å². The highest BCUT2D eigenvalue weighted by Gasteiger charge is 2.34. The minimum atomic E-state index is -2.80. The summed E-state index contributed by atoms with van der Waals surface area (Å²) >= 11 is 0. The van der Waals surface area contributed by atoms with Crippen molar-refractivity contribution in [3.05, 3.63) is 0 Å². The maximum Gasteiger partial charge on any atom is 0.322 e. The van der Waals surface area contributed by atoms with E-state index in [2.05, 4.69) is 5.32 Å². The first-order valence-corrected chi connectivity index (χ1v) is 8.35. The van der Waals surface area contributed by atoms with Gasteiger partial charge in [-0.3, -0.25) is 4.79 Å². The Hall–Kier alpha value is -0.620. The number of carbonyl (C=O) groups is 1. The van der Waals surface area contributed by atoms with E-state index in [4.69, 9.17) is 4.74 Å². The Morgan fingerprint density at radius 1 is 1.17 bits per heavy atom. The van der Waals surface area contributed by atoms with E-state index in [1.165, 1.54) is 7.11 Å². The largest absolute Gasteiger partial charge is 0.468 e. The number of ether oxygens (including phenoxy) is 1. The quantitative estimate of drug-likeness (QED) is 0.736. The van der Waals surface area contributed by atoms with Crippen molar-refractivity contribution in [2.75, 3.05) is 25.2 Å². The molecule has 0 radical (unpaired) electrons. The van der Waals surface area contributed by atoms with Crippen LogP contribution >= 0.6 is 0 Å². The summed E-state index contributed by atoms with van der Waals surface area (Å²) in [5.41, 5.74) is 0. The number of hydrogen-bond acceptors (Lipinski definition) is 5. The van der Waals surface area contributed by atoms with Crippen LogP contribution in [-0.4, -0.2) is 45.6 Å². The molecule has 6 heteroatoms. The van der Waals surface area contributed by atoms with Crippen LogP contribution in [0.15, 0.2) is 0 Å². The molecule has 0 aliphatic carbocycles. The lowest BCUT2D eigenvalue weighted by Gasteiger charge is -2.35. The zero-order valence-corrected chi connectivity index (χ0v) is 11.5. The number of carbonyl (C=O) groups excluding carboxylic acids is 1. The molecule has 2 heterocycles. The van der Waals surface area contributed by atoms with Crippen molar-refractivity contribution in [3.8, 4) is 0 Å². The molecule has 0 aromatic rings. The molecular weight excluding hydrogens is 254 g/mol. The maximum absolute atomic E-state index is 11.5. The average molecular weight is 275 g/mol. The fraction of sp³-hybridized carbons (Fsp3) is 0.917. The molecule has 18 heavy (non-hydrogen) atoms. The second-order valence-corrected chi connectivity index (χ2v) is 7.61. The van der Waals surface area contributed by atoms with Crippen LogP contribution < -0.4 is 5.32 Å². The summed E-state index contributed by atoms with van der Waals surface area (Å²) in [7, 11) is -1.39. The third kappa shape index (κ3) is 3.23. The number of piperidine rings is 1. The number of hydrogen-bond donors (Lipinski definition) is 1. The molecule has 0 spiro atoms. The predicted octanol–water partition coefficient (Wildman–Crippen LogP) is 0.352. The molecule has 0 bridgehead atoms. The molecule has 2 aliphatic rings. The van der Waals surface area contributed by atoms with Crippen LogP contribution in [0.5, 0.6) is 0 Å². The topological polar surface area (TPSA) is 72.5 Å². The highest BCUT2D eigenvalue weighted by atomic mass is 32.2. The minimum Gasteiger partial charge on any atom is -0.468 e. The first kappa shape index (κ1) is 13.8. The Balaban J connectivity index is 1.91. The van der Waals surface area contributed by atoms with Gasteiger partial charge in [-0.25, -0.2) is 8.42 Å². The van der Waals surface area contributed by atoms with E-state index in [-0.39, 0.29) is 12.0 Å². The minimum absolute atomic E-state index is 0.205. The number of methoxy groups -OCH3 is 1. The van der Waals surface area contributed by atoms with Gasteiger partial charge in [-0.05, 0) is 44.1 Å². The summed E-state index contributed by atoms with van der Waals surface area (Å²) in [5, 5.41) is 3.16. The highest BCUT2D eigenvalue weighted by Crippen LogP contribution is 2.33. The fourth-order valence-corrected chi connectivity index (χ4v) is 4.60. The Morgan fingerprint density at radius 2 is 1.83 bits per heavy atom. The van der Waals surface area contributed by atoms with E-state index >= 15 is 0 Å². The molecule has 1 N–H and O–H groups in total. The Morgan fingerprint density at radius 3 is 2.44 bits per heavy atom. The van der Waals surface area contributed by atoms with Crippen LogP contribution in [0, 0.1) is 11.8 Å². The van der Waals surface area contributed by atoms with Crippen molar-refractivity contribution >= 4 is 15.8 Å². The predicted molar refractivity (Wildman–Crippen MR) is 67.9 cm³/mol. The van der Waals surface area contributed by atoms with Crippen LogP contribution in [-0.2, 0) is 19.4 Å². The van der Waals surface area contributed by atoms with Gasteiger partial charge < -0.3 is 10.1 Å². The highest BCUT2D eigenvalue weighted by molar-refractivity contribution is 7.91. The zero-order valence-electron chi connectivity index (χ0n) is 10.7. The first-order valence-electron chi connectivity index (χ1n) is 6.53. The van der Waals surface area contributed by atoms with Crippen molar-refractivity contribution in [2.45, 2.75) is 31.7 Å². The van der Waals surface area contributed by atoms with Crippen molar-refractivity contribution < 1.29 is 17.9 Å². The van der Waals surface area contributed by atoms with Crippen molar-refractivity contribution in [2.24, 2.45) is 11.8 Å². The van der Waals surface area contributed by atoms with E-state index in [1.807, 2.05) is 0 Å². The lowest BCUT2D eigenvalue weighted by atomic mass is 9.79. The van der Waals surface area contributed by atoms with Gasteiger partial charge in [0.15, 0.2) is 0 Å². The van der Waals surface area contributed by atoms with E-state index in [0.29, 0.717) is 23.3 Å². The second kappa shape index (κ2) is 5.57. The monoisotopic (exact) mass is 275 g/mol. The molecule has 0 saturated carbocycles. The molecule has 0 aromatic carbocycles.